The monoisotopic (exact) mass is 353 g/mol. The maximum absolute atomic E-state index is 13.0. The summed E-state index contributed by atoms with van der Waals surface area (Å²) >= 11 is 0. The summed E-state index contributed by atoms with van der Waals surface area (Å²) in [6, 6.07) is 5.56. The predicted octanol–water partition coefficient (Wildman–Crippen LogP) is 2.72. The molecule has 2 aliphatic carbocycles. The van der Waals surface area contributed by atoms with Crippen molar-refractivity contribution in [1.82, 2.24) is 5.32 Å². The molecule has 1 saturated heterocycles. The Morgan fingerprint density at radius 2 is 2.04 bits per heavy atom. The van der Waals surface area contributed by atoms with Crippen LogP contribution in [0.25, 0.3) is 0 Å². The van der Waals surface area contributed by atoms with Gasteiger partial charge in [-0.05, 0) is 42.5 Å². The molecule has 1 aliphatic heterocycles. The molecule has 5 nitrogen and oxygen atoms in total. The number of allylic oxidation sites excluding steroid dienone is 2. The maximum Gasteiger partial charge on any atom is 0.337 e. The largest absolute Gasteiger partial charge is 0.465 e. The molecule has 1 aromatic rings. The zero-order valence-electron chi connectivity index (χ0n) is 14.8. The van der Waals surface area contributed by atoms with Gasteiger partial charge in [-0.2, -0.15) is 0 Å². The predicted molar refractivity (Wildman–Crippen MR) is 96.6 cm³/mol. The molecule has 3 unspecified atom stereocenters. The smallest absolute Gasteiger partial charge is 0.337 e. The number of amides is 1. The Labute approximate surface area is 153 Å². The molecule has 5 heteroatoms. The molecular weight excluding hydrogens is 330 g/mol. The number of nitrogens with one attached hydrogen (secondary N) is 1. The number of methoxy groups -OCH3 is 1. The highest BCUT2D eigenvalue weighted by molar-refractivity contribution is 5.89. The first-order valence-corrected chi connectivity index (χ1v) is 9.15. The van der Waals surface area contributed by atoms with Crippen LogP contribution in [0.3, 0.4) is 0 Å². The van der Waals surface area contributed by atoms with Gasteiger partial charge in [-0.1, -0.05) is 30.4 Å². The van der Waals surface area contributed by atoms with Crippen LogP contribution in [-0.2, 0) is 20.7 Å². The van der Waals surface area contributed by atoms with E-state index >= 15 is 0 Å². The number of carbonyl (C=O) groups excluding carboxylic acids is 2. The molecule has 4 rings (SSSR count). The van der Waals surface area contributed by atoms with E-state index in [4.69, 9.17) is 9.47 Å². The molecule has 0 bridgehead atoms. The van der Waals surface area contributed by atoms with Gasteiger partial charge < -0.3 is 14.8 Å². The Morgan fingerprint density at radius 3 is 2.88 bits per heavy atom. The van der Waals surface area contributed by atoms with Crippen LogP contribution >= 0.6 is 0 Å². The molecule has 26 heavy (non-hydrogen) atoms. The van der Waals surface area contributed by atoms with Crippen LogP contribution < -0.4 is 5.32 Å². The minimum absolute atomic E-state index is 0.00806. The Hall–Kier alpha value is -2.40. The summed E-state index contributed by atoms with van der Waals surface area (Å²) < 4.78 is 10.6. The highest BCUT2D eigenvalue weighted by Gasteiger charge is 2.37. The zero-order valence-corrected chi connectivity index (χ0v) is 14.8. The van der Waals surface area contributed by atoms with Crippen molar-refractivity contribution < 1.29 is 19.1 Å². The Morgan fingerprint density at radius 1 is 1.19 bits per heavy atom. The van der Waals surface area contributed by atoms with Gasteiger partial charge in [0.05, 0.1) is 24.8 Å². The van der Waals surface area contributed by atoms with E-state index in [1.807, 2.05) is 30.4 Å². The second kappa shape index (κ2) is 7.08. The van der Waals surface area contributed by atoms with Crippen LogP contribution in [0.15, 0.2) is 42.5 Å². The van der Waals surface area contributed by atoms with Crippen molar-refractivity contribution in [2.24, 2.45) is 11.8 Å². The third kappa shape index (κ3) is 3.07. The number of fused-ring (bicyclic) bond motifs is 2. The molecule has 1 N–H and O–H groups in total. The normalized spacial score (nSPS) is 29.0. The average molecular weight is 353 g/mol. The van der Waals surface area contributed by atoms with E-state index in [-0.39, 0.29) is 35.9 Å². The van der Waals surface area contributed by atoms with Crippen molar-refractivity contribution in [2.45, 2.75) is 31.4 Å². The van der Waals surface area contributed by atoms with Crippen molar-refractivity contribution in [2.75, 3.05) is 13.7 Å². The average Bonchev–Trinajstić information content (AvgIpc) is 3.08. The van der Waals surface area contributed by atoms with Crippen LogP contribution in [0.1, 0.15) is 40.4 Å². The molecule has 1 heterocycles. The standard InChI is InChI=1S/C21H23NO4/c1-25-21(24)14-7-6-13-8-9-18(17(13)12-14)22-20(23)16-10-11-26-19-5-3-2-4-15(16)19/h2-7,12,15-16,18-19H,8-11H2,1H3,(H,22,23)/t15?,16?,18-,19?/m1/s1. The Kier molecular flexibility index (Phi) is 4.64. The first-order chi connectivity index (χ1) is 12.7. The maximum atomic E-state index is 13.0. The molecule has 1 aromatic carbocycles. The first-order valence-electron chi connectivity index (χ1n) is 9.15. The topological polar surface area (TPSA) is 64.6 Å². The van der Waals surface area contributed by atoms with Gasteiger partial charge in [-0.25, -0.2) is 4.79 Å². The van der Waals surface area contributed by atoms with Gasteiger partial charge in [0.25, 0.3) is 0 Å². The van der Waals surface area contributed by atoms with Gasteiger partial charge >= 0.3 is 5.97 Å². The second-order valence-corrected chi connectivity index (χ2v) is 7.08. The fourth-order valence-corrected chi connectivity index (χ4v) is 4.24. The number of rotatable bonds is 3. The number of hydrogen-bond donors (Lipinski definition) is 1. The highest BCUT2D eigenvalue weighted by Crippen LogP contribution is 2.35. The summed E-state index contributed by atoms with van der Waals surface area (Å²) in [6.45, 7) is 0.602. The van der Waals surface area contributed by atoms with E-state index in [0.29, 0.717) is 12.2 Å². The number of esters is 1. The zero-order chi connectivity index (χ0) is 18.1. The Bertz CT molecular complexity index is 782. The van der Waals surface area contributed by atoms with Gasteiger partial charge in [0, 0.05) is 18.4 Å². The van der Waals surface area contributed by atoms with E-state index in [9.17, 15) is 9.59 Å². The first kappa shape index (κ1) is 17.0. The van der Waals surface area contributed by atoms with Crippen LogP contribution in [0.5, 0.6) is 0 Å². The Balaban J connectivity index is 1.50. The fourth-order valence-electron chi connectivity index (χ4n) is 4.24. The molecule has 0 spiro atoms. The quantitative estimate of drug-likeness (QED) is 0.849. The SMILES string of the molecule is COC(=O)c1ccc2c(c1)[C@H](NC(=O)C1CCOC3C=CC=CC31)CC2. The lowest BCUT2D eigenvalue weighted by molar-refractivity contribution is -0.132. The van der Waals surface area contributed by atoms with Crippen LogP contribution in [0.2, 0.25) is 0 Å². The lowest BCUT2D eigenvalue weighted by atomic mass is 9.80. The number of aryl methyl sites for hydroxylation is 1. The molecule has 0 radical (unpaired) electrons. The molecule has 1 amide bonds. The van der Waals surface area contributed by atoms with Gasteiger partial charge in [0.15, 0.2) is 0 Å². The molecule has 0 saturated carbocycles. The lowest BCUT2D eigenvalue weighted by Gasteiger charge is -2.36. The van der Waals surface area contributed by atoms with Gasteiger partial charge in [0.1, 0.15) is 0 Å². The van der Waals surface area contributed by atoms with E-state index in [1.165, 1.54) is 12.7 Å². The van der Waals surface area contributed by atoms with Crippen LogP contribution in [0.4, 0.5) is 0 Å². The van der Waals surface area contributed by atoms with Crippen molar-refractivity contribution in [3.63, 3.8) is 0 Å². The summed E-state index contributed by atoms with van der Waals surface area (Å²) in [4.78, 5) is 24.8. The molecular formula is C21H23NO4. The van der Waals surface area contributed by atoms with Crippen LogP contribution in [-0.4, -0.2) is 31.7 Å². The number of carbonyl (C=O) groups is 2. The summed E-state index contributed by atoms with van der Waals surface area (Å²) in [5.74, 6) is -0.264. The van der Waals surface area contributed by atoms with E-state index in [1.54, 1.807) is 6.07 Å². The molecule has 0 aromatic heterocycles. The van der Waals surface area contributed by atoms with E-state index in [2.05, 4.69) is 11.4 Å². The lowest BCUT2D eigenvalue weighted by Crippen LogP contribution is -2.44. The van der Waals surface area contributed by atoms with E-state index < -0.39 is 0 Å². The third-order valence-electron chi connectivity index (χ3n) is 5.63. The molecule has 1 fully saturated rings. The van der Waals surface area contributed by atoms with E-state index in [0.717, 1.165) is 24.8 Å². The molecule has 4 atom stereocenters. The number of ether oxygens (including phenoxy) is 2. The second-order valence-electron chi connectivity index (χ2n) is 7.08. The van der Waals surface area contributed by atoms with Crippen molar-refractivity contribution in [3.8, 4) is 0 Å². The summed E-state index contributed by atoms with van der Waals surface area (Å²) in [7, 11) is 1.38. The minimum Gasteiger partial charge on any atom is -0.465 e. The molecule has 136 valence electrons. The summed E-state index contributed by atoms with van der Waals surface area (Å²) in [6.07, 6.45) is 10.6. The van der Waals surface area contributed by atoms with Crippen molar-refractivity contribution in [3.05, 3.63) is 59.2 Å². The van der Waals surface area contributed by atoms with Gasteiger partial charge in [-0.3, -0.25) is 4.79 Å². The van der Waals surface area contributed by atoms with Gasteiger partial charge in [-0.15, -0.1) is 0 Å². The minimum atomic E-state index is -0.351. The van der Waals surface area contributed by atoms with Crippen molar-refractivity contribution in [1.29, 1.82) is 0 Å². The molecule has 3 aliphatic rings. The van der Waals surface area contributed by atoms with Gasteiger partial charge in [0.2, 0.25) is 5.91 Å². The fraction of sp³-hybridized carbons (Fsp3) is 0.429. The van der Waals surface area contributed by atoms with Crippen LogP contribution in [0, 0.1) is 11.8 Å². The number of hydrogen-bond acceptors (Lipinski definition) is 4. The summed E-state index contributed by atoms with van der Waals surface area (Å²) in [5, 5.41) is 3.22. The van der Waals surface area contributed by atoms with Crippen molar-refractivity contribution >= 4 is 11.9 Å². The third-order valence-corrected chi connectivity index (χ3v) is 5.63. The highest BCUT2D eigenvalue weighted by atomic mass is 16.5. The summed E-state index contributed by atoms with van der Waals surface area (Å²) in [5.41, 5.74) is 2.75. The number of benzene rings is 1.